The summed E-state index contributed by atoms with van der Waals surface area (Å²) in [5.41, 5.74) is 0.582. The molecule has 0 aliphatic carbocycles. The van der Waals surface area contributed by atoms with Crippen molar-refractivity contribution >= 4 is 5.71 Å². The number of aliphatic hydroxyl groups is 1. The van der Waals surface area contributed by atoms with E-state index in [2.05, 4.69) is 25.9 Å². The molecule has 0 spiro atoms. The van der Waals surface area contributed by atoms with E-state index >= 15 is 0 Å². The van der Waals surface area contributed by atoms with Crippen LogP contribution in [0.4, 0.5) is 0 Å². The van der Waals surface area contributed by atoms with Gasteiger partial charge in [0.2, 0.25) is 0 Å². The van der Waals surface area contributed by atoms with Crippen LogP contribution >= 0.6 is 0 Å². The van der Waals surface area contributed by atoms with Crippen molar-refractivity contribution in [3.05, 3.63) is 0 Å². The summed E-state index contributed by atoms with van der Waals surface area (Å²) in [6.07, 6.45) is 2.81. The van der Waals surface area contributed by atoms with Crippen molar-refractivity contribution in [3.63, 3.8) is 0 Å². The van der Waals surface area contributed by atoms with Crippen molar-refractivity contribution in [2.45, 2.75) is 66.4 Å². The van der Waals surface area contributed by atoms with Crippen molar-refractivity contribution in [2.24, 2.45) is 10.6 Å². The number of unbranched alkanes of at least 4 members (excludes halogenated alkanes) is 2. The van der Waals surface area contributed by atoms with Crippen molar-refractivity contribution in [1.82, 2.24) is 0 Å². The lowest BCUT2D eigenvalue weighted by molar-refractivity contribution is -0.00225. The second-order valence-corrected chi connectivity index (χ2v) is 6.83. The maximum Gasteiger partial charge on any atom is 0.129 e. The van der Waals surface area contributed by atoms with Crippen LogP contribution in [0.1, 0.15) is 60.8 Å². The van der Waals surface area contributed by atoms with E-state index in [4.69, 9.17) is 14.7 Å². The summed E-state index contributed by atoms with van der Waals surface area (Å²) in [6.45, 7) is 13.7. The van der Waals surface area contributed by atoms with Crippen LogP contribution < -0.4 is 0 Å². The molecule has 4 heteroatoms. The molecule has 0 atom stereocenters. The maximum absolute atomic E-state index is 8.69. The molecular weight excluding hydrogens is 242 g/mol. The first-order valence-electron chi connectivity index (χ1n) is 7.11. The Bertz CT molecular complexity index is 262. The summed E-state index contributed by atoms with van der Waals surface area (Å²) in [5.74, 6) is 0. The summed E-state index contributed by atoms with van der Waals surface area (Å²) in [6, 6.07) is 0. The van der Waals surface area contributed by atoms with Gasteiger partial charge in [0.25, 0.3) is 0 Å². The van der Waals surface area contributed by atoms with Crippen LogP contribution in [0.25, 0.3) is 0 Å². The summed E-state index contributed by atoms with van der Waals surface area (Å²) in [7, 11) is 0. The third-order valence-electron chi connectivity index (χ3n) is 2.48. The monoisotopic (exact) mass is 273 g/mol. The van der Waals surface area contributed by atoms with Crippen LogP contribution in [0.2, 0.25) is 0 Å². The average Bonchev–Trinajstić information content (AvgIpc) is 2.23. The van der Waals surface area contributed by atoms with Gasteiger partial charge in [0.15, 0.2) is 0 Å². The molecular formula is C15H31NO3. The molecule has 0 aliphatic rings. The van der Waals surface area contributed by atoms with Gasteiger partial charge >= 0.3 is 0 Å². The van der Waals surface area contributed by atoms with E-state index in [1.807, 2.05) is 20.8 Å². The average molecular weight is 273 g/mol. The van der Waals surface area contributed by atoms with Gasteiger partial charge in [0.1, 0.15) is 5.60 Å². The van der Waals surface area contributed by atoms with Gasteiger partial charge in [-0.15, -0.1) is 0 Å². The summed E-state index contributed by atoms with van der Waals surface area (Å²) < 4.78 is 5.64. The highest BCUT2D eigenvalue weighted by Gasteiger charge is 2.21. The molecule has 0 aromatic carbocycles. The molecule has 0 aliphatic heterocycles. The van der Waals surface area contributed by atoms with Gasteiger partial charge in [-0.3, -0.25) is 0 Å². The zero-order chi connectivity index (χ0) is 14.9. The Balaban J connectivity index is 4.16. The predicted octanol–water partition coefficient (Wildman–Crippen LogP) is 3.38. The fraction of sp³-hybridized carbons (Fsp3) is 0.933. The standard InChI is InChI=1S/C15H31NO3/c1-14(2,3)13(16-19-15(4,5)6)12-18-11-9-7-8-10-17/h17H,7-12H2,1-6H3. The van der Waals surface area contributed by atoms with Gasteiger partial charge in [0.05, 0.1) is 12.3 Å². The normalized spacial score (nSPS) is 13.7. The largest absolute Gasteiger partial charge is 0.396 e. The molecule has 0 saturated carbocycles. The van der Waals surface area contributed by atoms with Crippen LogP contribution in [0.3, 0.4) is 0 Å². The summed E-state index contributed by atoms with van der Waals surface area (Å²) in [4.78, 5) is 5.49. The van der Waals surface area contributed by atoms with Gasteiger partial charge in [0, 0.05) is 18.6 Å². The SMILES string of the molecule is CC(C)(C)ON=C(COCCCCCO)C(C)(C)C. The first kappa shape index (κ1) is 18.4. The second kappa shape index (κ2) is 8.54. The lowest BCUT2D eigenvalue weighted by Crippen LogP contribution is -2.28. The third kappa shape index (κ3) is 11.0. The van der Waals surface area contributed by atoms with Crippen LogP contribution in [0, 0.1) is 5.41 Å². The van der Waals surface area contributed by atoms with Crippen molar-refractivity contribution < 1.29 is 14.7 Å². The van der Waals surface area contributed by atoms with E-state index in [-0.39, 0.29) is 17.6 Å². The van der Waals surface area contributed by atoms with Crippen LogP contribution in [-0.4, -0.2) is 36.2 Å². The zero-order valence-electron chi connectivity index (χ0n) is 13.5. The fourth-order valence-electron chi connectivity index (χ4n) is 1.23. The molecule has 0 rings (SSSR count). The Hall–Kier alpha value is -0.610. The Morgan fingerprint density at radius 2 is 1.63 bits per heavy atom. The molecule has 0 unspecified atom stereocenters. The van der Waals surface area contributed by atoms with Gasteiger partial charge in [-0.1, -0.05) is 25.9 Å². The highest BCUT2D eigenvalue weighted by atomic mass is 16.6. The van der Waals surface area contributed by atoms with Crippen LogP contribution in [-0.2, 0) is 9.57 Å². The van der Waals surface area contributed by atoms with Crippen molar-refractivity contribution in [3.8, 4) is 0 Å². The number of hydrogen-bond acceptors (Lipinski definition) is 4. The molecule has 0 aromatic rings. The highest BCUT2D eigenvalue weighted by Crippen LogP contribution is 2.18. The Kier molecular flexibility index (Phi) is 8.26. The smallest absolute Gasteiger partial charge is 0.129 e. The lowest BCUT2D eigenvalue weighted by Gasteiger charge is -2.23. The van der Waals surface area contributed by atoms with E-state index in [1.165, 1.54) is 0 Å². The molecule has 4 nitrogen and oxygen atoms in total. The minimum atomic E-state index is -0.280. The maximum atomic E-state index is 8.69. The van der Waals surface area contributed by atoms with Gasteiger partial charge in [-0.05, 0) is 40.0 Å². The van der Waals surface area contributed by atoms with Gasteiger partial charge in [-0.2, -0.15) is 0 Å². The third-order valence-corrected chi connectivity index (χ3v) is 2.48. The minimum absolute atomic E-state index is 0.0592. The molecule has 0 bridgehead atoms. The van der Waals surface area contributed by atoms with Gasteiger partial charge in [-0.25, -0.2) is 0 Å². The molecule has 19 heavy (non-hydrogen) atoms. The van der Waals surface area contributed by atoms with E-state index in [9.17, 15) is 0 Å². The summed E-state index contributed by atoms with van der Waals surface area (Å²) in [5, 5.41) is 12.9. The van der Waals surface area contributed by atoms with Crippen molar-refractivity contribution in [1.29, 1.82) is 0 Å². The number of rotatable bonds is 8. The Labute approximate surface area is 118 Å². The number of nitrogens with zero attached hydrogens (tertiary/aromatic N) is 1. The van der Waals surface area contributed by atoms with E-state index in [0.29, 0.717) is 13.2 Å². The molecule has 1 N–H and O–H groups in total. The Morgan fingerprint density at radius 1 is 1.00 bits per heavy atom. The fourth-order valence-corrected chi connectivity index (χ4v) is 1.23. The van der Waals surface area contributed by atoms with E-state index in [1.54, 1.807) is 0 Å². The highest BCUT2D eigenvalue weighted by molar-refractivity contribution is 5.89. The predicted molar refractivity (Wildman–Crippen MR) is 79.5 cm³/mol. The zero-order valence-corrected chi connectivity index (χ0v) is 13.5. The minimum Gasteiger partial charge on any atom is -0.396 e. The molecule has 114 valence electrons. The van der Waals surface area contributed by atoms with E-state index in [0.717, 1.165) is 25.0 Å². The molecule has 0 fully saturated rings. The lowest BCUT2D eigenvalue weighted by atomic mass is 9.90. The number of oxime groups is 1. The first-order valence-corrected chi connectivity index (χ1v) is 7.11. The van der Waals surface area contributed by atoms with Crippen LogP contribution in [0.15, 0.2) is 5.16 Å². The van der Waals surface area contributed by atoms with Gasteiger partial charge < -0.3 is 14.7 Å². The topological polar surface area (TPSA) is 51.0 Å². The Morgan fingerprint density at radius 3 is 2.11 bits per heavy atom. The summed E-state index contributed by atoms with van der Waals surface area (Å²) >= 11 is 0. The molecule has 0 saturated heterocycles. The second-order valence-electron chi connectivity index (χ2n) is 6.83. The number of hydrogen-bond donors (Lipinski definition) is 1. The molecule has 0 radical (unpaired) electrons. The molecule has 0 amide bonds. The first-order chi connectivity index (χ1) is 8.67. The number of aliphatic hydroxyl groups excluding tert-OH is 1. The van der Waals surface area contributed by atoms with Crippen LogP contribution in [0.5, 0.6) is 0 Å². The van der Waals surface area contributed by atoms with Crippen molar-refractivity contribution in [2.75, 3.05) is 19.8 Å². The molecule has 0 heterocycles. The van der Waals surface area contributed by atoms with E-state index < -0.39 is 0 Å². The number of ether oxygens (including phenoxy) is 1. The quantitative estimate of drug-likeness (QED) is 0.419. The molecule has 0 aromatic heterocycles.